The van der Waals surface area contributed by atoms with Crippen LogP contribution in [0.4, 0.5) is 8.78 Å². The van der Waals surface area contributed by atoms with E-state index in [1.54, 1.807) is 0 Å². The maximum absolute atomic E-state index is 12.9. The van der Waals surface area contributed by atoms with Gasteiger partial charge in [0.15, 0.2) is 0 Å². The fraction of sp³-hybridized carbons (Fsp3) is 0.273. The number of hydrogen-bond acceptors (Lipinski definition) is 1. The molecule has 0 fully saturated rings. The van der Waals surface area contributed by atoms with Crippen molar-refractivity contribution in [3.8, 4) is 0 Å². The van der Waals surface area contributed by atoms with Crippen molar-refractivity contribution in [2.24, 2.45) is 0 Å². The highest BCUT2D eigenvalue weighted by Crippen LogP contribution is 2.24. The summed E-state index contributed by atoms with van der Waals surface area (Å²) >= 11 is 0. The molecule has 1 aromatic carbocycles. The number of rotatable bonds is 1. The lowest BCUT2D eigenvalue weighted by atomic mass is 10.0. The van der Waals surface area contributed by atoms with E-state index in [4.69, 9.17) is 0 Å². The SMILES string of the molecule is CN1C=CC(c2cc(F)cc(F)c2)C1. The van der Waals surface area contributed by atoms with Crippen LogP contribution in [0.25, 0.3) is 0 Å². The van der Waals surface area contributed by atoms with Crippen LogP contribution in [0.2, 0.25) is 0 Å². The van der Waals surface area contributed by atoms with Crippen molar-refractivity contribution in [2.45, 2.75) is 5.92 Å². The van der Waals surface area contributed by atoms with Crippen LogP contribution in [0.15, 0.2) is 30.5 Å². The number of likely N-dealkylation sites (N-methyl/N-ethyl adjacent to an activating group) is 1. The van der Waals surface area contributed by atoms with Crippen molar-refractivity contribution >= 4 is 0 Å². The average Bonchev–Trinajstić information content (AvgIpc) is 2.50. The van der Waals surface area contributed by atoms with Gasteiger partial charge in [0.1, 0.15) is 11.6 Å². The molecular formula is C11H11F2N. The van der Waals surface area contributed by atoms with Gasteiger partial charge in [0.05, 0.1) is 0 Å². The van der Waals surface area contributed by atoms with E-state index in [-0.39, 0.29) is 5.92 Å². The van der Waals surface area contributed by atoms with Gasteiger partial charge in [0.25, 0.3) is 0 Å². The van der Waals surface area contributed by atoms with Crippen molar-refractivity contribution in [3.63, 3.8) is 0 Å². The molecule has 1 aliphatic rings. The Morgan fingerprint density at radius 1 is 1.21 bits per heavy atom. The lowest BCUT2D eigenvalue weighted by Gasteiger charge is -2.12. The molecular weight excluding hydrogens is 184 g/mol. The standard InChI is InChI=1S/C11H11F2N/c1-14-3-2-8(7-14)9-4-10(12)6-11(13)5-9/h2-6,8H,7H2,1H3. The maximum atomic E-state index is 12.9. The first kappa shape index (κ1) is 9.19. The minimum atomic E-state index is -0.511. The zero-order valence-electron chi connectivity index (χ0n) is 7.87. The molecule has 0 amide bonds. The van der Waals surface area contributed by atoms with Gasteiger partial charge >= 0.3 is 0 Å². The lowest BCUT2D eigenvalue weighted by Crippen LogP contribution is -2.11. The van der Waals surface area contributed by atoms with E-state index in [1.165, 1.54) is 12.1 Å². The Bertz CT molecular complexity index is 353. The Morgan fingerprint density at radius 3 is 2.36 bits per heavy atom. The molecule has 0 aliphatic carbocycles. The fourth-order valence-corrected chi connectivity index (χ4v) is 1.69. The third-order valence-corrected chi connectivity index (χ3v) is 2.37. The van der Waals surface area contributed by atoms with E-state index in [9.17, 15) is 8.78 Å². The highest BCUT2D eigenvalue weighted by Gasteiger charge is 2.16. The molecule has 3 heteroatoms. The van der Waals surface area contributed by atoms with Crippen molar-refractivity contribution in [1.82, 2.24) is 4.90 Å². The summed E-state index contributed by atoms with van der Waals surface area (Å²) in [4.78, 5) is 1.99. The normalized spacial score (nSPS) is 20.5. The molecule has 1 atom stereocenters. The molecule has 0 saturated heterocycles. The van der Waals surface area contributed by atoms with Crippen molar-refractivity contribution < 1.29 is 8.78 Å². The predicted octanol–water partition coefficient (Wildman–Crippen LogP) is 2.51. The van der Waals surface area contributed by atoms with Crippen LogP contribution in [-0.4, -0.2) is 18.5 Å². The quantitative estimate of drug-likeness (QED) is 0.665. The van der Waals surface area contributed by atoms with Crippen LogP contribution in [0, 0.1) is 11.6 Å². The van der Waals surface area contributed by atoms with Gasteiger partial charge in [-0.1, -0.05) is 6.08 Å². The fourth-order valence-electron chi connectivity index (χ4n) is 1.69. The van der Waals surface area contributed by atoms with Gasteiger partial charge in [0.2, 0.25) is 0 Å². The van der Waals surface area contributed by atoms with Crippen LogP contribution in [0.3, 0.4) is 0 Å². The van der Waals surface area contributed by atoms with Crippen LogP contribution in [0.5, 0.6) is 0 Å². The van der Waals surface area contributed by atoms with Crippen LogP contribution >= 0.6 is 0 Å². The van der Waals surface area contributed by atoms with E-state index in [1.807, 2.05) is 24.2 Å². The molecule has 0 spiro atoms. The summed E-state index contributed by atoms with van der Waals surface area (Å²) in [5.41, 5.74) is 0.697. The number of hydrogen-bond donors (Lipinski definition) is 0. The molecule has 1 nitrogen and oxygen atoms in total. The minimum absolute atomic E-state index is 0.102. The second-order valence-electron chi connectivity index (χ2n) is 3.59. The summed E-state index contributed by atoms with van der Waals surface area (Å²) in [6.45, 7) is 0.781. The van der Waals surface area contributed by atoms with E-state index in [0.717, 1.165) is 12.6 Å². The third-order valence-electron chi connectivity index (χ3n) is 2.37. The van der Waals surface area contributed by atoms with Crippen LogP contribution < -0.4 is 0 Å². The second-order valence-corrected chi connectivity index (χ2v) is 3.59. The molecule has 0 saturated carbocycles. The van der Waals surface area contributed by atoms with E-state index >= 15 is 0 Å². The molecule has 1 unspecified atom stereocenters. The van der Waals surface area contributed by atoms with Gasteiger partial charge in [-0.2, -0.15) is 0 Å². The topological polar surface area (TPSA) is 3.24 Å². The molecule has 1 aromatic rings. The zero-order valence-corrected chi connectivity index (χ0v) is 7.87. The first-order valence-corrected chi connectivity index (χ1v) is 4.50. The summed E-state index contributed by atoms with van der Waals surface area (Å²) in [5, 5.41) is 0. The Labute approximate surface area is 81.7 Å². The van der Waals surface area contributed by atoms with E-state index in [0.29, 0.717) is 5.56 Å². The van der Waals surface area contributed by atoms with Crippen molar-refractivity contribution in [2.75, 3.05) is 13.6 Å². The number of benzene rings is 1. The molecule has 1 heterocycles. The Balaban J connectivity index is 2.28. The smallest absolute Gasteiger partial charge is 0.126 e. The van der Waals surface area contributed by atoms with Gasteiger partial charge < -0.3 is 4.90 Å². The van der Waals surface area contributed by atoms with E-state index in [2.05, 4.69) is 0 Å². The summed E-state index contributed by atoms with van der Waals surface area (Å²) in [7, 11) is 1.94. The number of halogens is 2. The Hall–Kier alpha value is -1.38. The number of nitrogens with zero attached hydrogens (tertiary/aromatic N) is 1. The molecule has 0 radical (unpaired) electrons. The molecule has 1 aliphatic heterocycles. The summed E-state index contributed by atoms with van der Waals surface area (Å²) in [6.07, 6.45) is 3.88. The highest BCUT2D eigenvalue weighted by atomic mass is 19.1. The largest absolute Gasteiger partial charge is 0.380 e. The summed E-state index contributed by atoms with van der Waals surface area (Å²) < 4.78 is 25.8. The van der Waals surface area contributed by atoms with Gasteiger partial charge in [0, 0.05) is 25.6 Å². The van der Waals surface area contributed by atoms with Gasteiger partial charge in [-0.25, -0.2) is 8.78 Å². The zero-order chi connectivity index (χ0) is 10.1. The van der Waals surface area contributed by atoms with E-state index < -0.39 is 11.6 Å². The minimum Gasteiger partial charge on any atom is -0.380 e. The van der Waals surface area contributed by atoms with Crippen LogP contribution in [0.1, 0.15) is 11.5 Å². The second kappa shape index (κ2) is 3.40. The maximum Gasteiger partial charge on any atom is 0.126 e. The third kappa shape index (κ3) is 1.76. The Kier molecular flexibility index (Phi) is 2.23. The van der Waals surface area contributed by atoms with Gasteiger partial charge in [-0.3, -0.25) is 0 Å². The van der Waals surface area contributed by atoms with Crippen molar-refractivity contribution in [3.05, 3.63) is 47.7 Å². The Morgan fingerprint density at radius 2 is 1.86 bits per heavy atom. The average molecular weight is 195 g/mol. The summed E-state index contributed by atoms with van der Waals surface area (Å²) in [6, 6.07) is 3.67. The molecule has 14 heavy (non-hydrogen) atoms. The van der Waals surface area contributed by atoms with Gasteiger partial charge in [-0.05, 0) is 23.9 Å². The first-order valence-electron chi connectivity index (χ1n) is 4.50. The molecule has 0 aromatic heterocycles. The molecule has 0 bridgehead atoms. The van der Waals surface area contributed by atoms with Gasteiger partial charge in [-0.15, -0.1) is 0 Å². The molecule has 2 rings (SSSR count). The first-order chi connectivity index (χ1) is 6.65. The monoisotopic (exact) mass is 195 g/mol. The summed E-state index contributed by atoms with van der Waals surface area (Å²) in [5.74, 6) is -0.920. The van der Waals surface area contributed by atoms with Crippen molar-refractivity contribution in [1.29, 1.82) is 0 Å². The predicted molar refractivity (Wildman–Crippen MR) is 50.9 cm³/mol. The highest BCUT2D eigenvalue weighted by molar-refractivity contribution is 5.27. The van der Waals surface area contributed by atoms with Crippen LogP contribution in [-0.2, 0) is 0 Å². The molecule has 0 N–H and O–H groups in total. The molecule has 74 valence electrons. The lowest BCUT2D eigenvalue weighted by molar-refractivity contribution is 0.473.